The van der Waals surface area contributed by atoms with Crippen molar-refractivity contribution in [1.29, 1.82) is 0 Å². The maximum atomic E-state index is 14.6. The Hall–Kier alpha value is -4.29. The molecule has 2 amide bonds. The average Bonchev–Trinajstić information content (AvgIpc) is 3.59. The average molecular weight is 522 g/mol. The van der Waals surface area contributed by atoms with E-state index >= 15 is 0 Å². The predicted octanol–water partition coefficient (Wildman–Crippen LogP) is 3.83. The Labute approximate surface area is 208 Å². The van der Waals surface area contributed by atoms with E-state index in [1.54, 1.807) is 6.92 Å². The number of nitrogens with one attached hydrogen (secondary N) is 3. The van der Waals surface area contributed by atoms with Crippen LogP contribution < -0.4 is 21.7 Å². The van der Waals surface area contributed by atoms with Gasteiger partial charge in [-0.3, -0.25) is 19.6 Å². The van der Waals surface area contributed by atoms with E-state index in [4.69, 9.17) is 5.73 Å². The Morgan fingerprint density at radius 2 is 1.95 bits per heavy atom. The first-order chi connectivity index (χ1) is 17.4. The molecule has 0 radical (unpaired) electrons. The summed E-state index contributed by atoms with van der Waals surface area (Å²) in [5.41, 5.74) is 2.11. The number of aliphatic imine (C=N–C) groups is 1. The van der Waals surface area contributed by atoms with Gasteiger partial charge in [-0.2, -0.15) is 13.2 Å². The summed E-state index contributed by atoms with van der Waals surface area (Å²) in [4.78, 5) is 32.8. The van der Waals surface area contributed by atoms with Crippen molar-refractivity contribution in [3.8, 4) is 0 Å². The highest BCUT2D eigenvalue weighted by Gasteiger charge is 2.51. The molecule has 1 aromatic heterocycles. The van der Waals surface area contributed by atoms with Gasteiger partial charge in [0.2, 0.25) is 5.91 Å². The first-order valence-electron chi connectivity index (χ1n) is 10.9. The van der Waals surface area contributed by atoms with Crippen molar-refractivity contribution in [2.75, 3.05) is 5.32 Å². The third-order valence-corrected chi connectivity index (χ3v) is 5.33. The van der Waals surface area contributed by atoms with Crippen molar-refractivity contribution >= 4 is 29.4 Å². The second-order valence-corrected chi connectivity index (χ2v) is 8.27. The SMILES string of the molecule is C=C(C)N=C/C(=C\N)C(=O)NC1(C(=O)NCc2ncc(Nc3c(F)cccc3C(F)(F)F)cc2F)CC1. The molecule has 1 aliphatic rings. The van der Waals surface area contributed by atoms with Gasteiger partial charge in [0.1, 0.15) is 17.2 Å². The summed E-state index contributed by atoms with van der Waals surface area (Å²) in [5, 5.41) is 7.26. The molecule has 1 fully saturated rings. The molecule has 3 rings (SSSR count). The number of alkyl halides is 3. The van der Waals surface area contributed by atoms with Crippen molar-refractivity contribution in [2.24, 2.45) is 10.7 Å². The van der Waals surface area contributed by atoms with Crippen LogP contribution in [0.25, 0.3) is 0 Å². The van der Waals surface area contributed by atoms with Crippen LogP contribution in [-0.2, 0) is 22.3 Å². The third-order valence-electron chi connectivity index (χ3n) is 5.33. The molecule has 8 nitrogen and oxygen atoms in total. The molecule has 1 aliphatic carbocycles. The first-order valence-corrected chi connectivity index (χ1v) is 10.9. The fourth-order valence-corrected chi connectivity index (χ4v) is 3.21. The number of nitrogens with two attached hydrogens (primary N) is 1. The Kier molecular flexibility index (Phi) is 7.94. The van der Waals surface area contributed by atoms with Gasteiger partial charge >= 0.3 is 6.18 Å². The van der Waals surface area contributed by atoms with Crippen LogP contribution in [-0.4, -0.2) is 28.6 Å². The zero-order valence-corrected chi connectivity index (χ0v) is 19.5. The molecule has 196 valence electrons. The molecule has 0 saturated heterocycles. The largest absolute Gasteiger partial charge is 0.418 e. The van der Waals surface area contributed by atoms with Crippen LogP contribution in [0.15, 0.2) is 59.5 Å². The summed E-state index contributed by atoms with van der Waals surface area (Å²) >= 11 is 0. The van der Waals surface area contributed by atoms with Gasteiger partial charge in [0.05, 0.1) is 40.9 Å². The summed E-state index contributed by atoms with van der Waals surface area (Å²) in [6.45, 7) is 4.83. The summed E-state index contributed by atoms with van der Waals surface area (Å²) in [6, 6.07) is 3.25. The fourth-order valence-electron chi connectivity index (χ4n) is 3.21. The number of rotatable bonds is 9. The van der Waals surface area contributed by atoms with E-state index in [1.165, 1.54) is 6.21 Å². The third kappa shape index (κ3) is 6.68. The number of amides is 2. The van der Waals surface area contributed by atoms with Crippen molar-refractivity contribution < 1.29 is 31.5 Å². The quantitative estimate of drug-likeness (QED) is 0.227. The number of para-hydroxylation sites is 1. The number of nitrogens with zero attached hydrogens (tertiary/aromatic N) is 2. The molecule has 5 N–H and O–H groups in total. The Bertz CT molecular complexity index is 1280. The van der Waals surface area contributed by atoms with E-state index in [2.05, 4.69) is 32.5 Å². The van der Waals surface area contributed by atoms with E-state index in [9.17, 15) is 31.5 Å². The van der Waals surface area contributed by atoms with Gasteiger partial charge in [-0.25, -0.2) is 8.78 Å². The van der Waals surface area contributed by atoms with Crippen LogP contribution in [0.1, 0.15) is 31.0 Å². The molecule has 37 heavy (non-hydrogen) atoms. The summed E-state index contributed by atoms with van der Waals surface area (Å²) in [6.07, 6.45) is -0.923. The molecule has 0 unspecified atom stereocenters. The highest BCUT2D eigenvalue weighted by molar-refractivity contribution is 6.13. The molecule has 0 spiro atoms. The van der Waals surface area contributed by atoms with Gasteiger partial charge in [0.15, 0.2) is 0 Å². The number of pyridine rings is 1. The molecule has 0 bridgehead atoms. The lowest BCUT2D eigenvalue weighted by molar-refractivity contribution is -0.137. The second-order valence-electron chi connectivity index (χ2n) is 8.27. The van der Waals surface area contributed by atoms with Crippen LogP contribution in [0, 0.1) is 11.6 Å². The number of benzene rings is 1. The van der Waals surface area contributed by atoms with Gasteiger partial charge in [-0.1, -0.05) is 12.6 Å². The number of allylic oxidation sites excluding steroid dienone is 1. The molecule has 1 heterocycles. The molecular weight excluding hydrogens is 499 g/mol. The Balaban J connectivity index is 1.65. The minimum absolute atomic E-state index is 0.0152. The van der Waals surface area contributed by atoms with Crippen LogP contribution in [0.5, 0.6) is 0 Å². The molecule has 0 atom stereocenters. The topological polar surface area (TPSA) is 121 Å². The van der Waals surface area contributed by atoms with E-state index < -0.39 is 46.4 Å². The van der Waals surface area contributed by atoms with E-state index in [-0.39, 0.29) is 23.5 Å². The summed E-state index contributed by atoms with van der Waals surface area (Å²) < 4.78 is 68.2. The number of aromatic nitrogens is 1. The molecular formula is C24H23F5N6O2. The monoisotopic (exact) mass is 522 g/mol. The van der Waals surface area contributed by atoms with Crippen molar-refractivity contribution in [1.82, 2.24) is 15.6 Å². The summed E-state index contributed by atoms with van der Waals surface area (Å²) in [7, 11) is 0. The maximum Gasteiger partial charge on any atom is 0.418 e. The number of hydrogen-bond donors (Lipinski definition) is 4. The lowest BCUT2D eigenvalue weighted by Crippen LogP contribution is -2.49. The highest BCUT2D eigenvalue weighted by atomic mass is 19.4. The zero-order chi connectivity index (χ0) is 27.4. The van der Waals surface area contributed by atoms with Crippen LogP contribution in [0.4, 0.5) is 33.3 Å². The van der Waals surface area contributed by atoms with E-state index in [0.717, 1.165) is 30.6 Å². The number of carbonyl (C=O) groups excluding carboxylic acids is 2. The van der Waals surface area contributed by atoms with Crippen molar-refractivity contribution in [3.63, 3.8) is 0 Å². The Morgan fingerprint density at radius 1 is 1.24 bits per heavy atom. The lowest BCUT2D eigenvalue weighted by atomic mass is 10.1. The number of anilines is 2. The maximum absolute atomic E-state index is 14.6. The van der Waals surface area contributed by atoms with Crippen molar-refractivity contribution in [3.05, 3.63) is 77.4 Å². The lowest BCUT2D eigenvalue weighted by Gasteiger charge is -2.18. The van der Waals surface area contributed by atoms with Gasteiger partial charge in [0.25, 0.3) is 5.91 Å². The summed E-state index contributed by atoms with van der Waals surface area (Å²) in [5.74, 6) is -3.35. The Morgan fingerprint density at radius 3 is 2.51 bits per heavy atom. The first kappa shape index (κ1) is 27.3. The number of carbonyl (C=O) groups is 2. The minimum atomic E-state index is -4.84. The smallest absolute Gasteiger partial charge is 0.404 e. The highest BCUT2D eigenvalue weighted by Crippen LogP contribution is 2.38. The van der Waals surface area contributed by atoms with Crippen molar-refractivity contribution in [2.45, 2.75) is 38.0 Å². The van der Waals surface area contributed by atoms with Crippen LogP contribution >= 0.6 is 0 Å². The van der Waals surface area contributed by atoms with Crippen LogP contribution in [0.3, 0.4) is 0 Å². The predicted molar refractivity (Wildman–Crippen MR) is 126 cm³/mol. The molecule has 13 heteroatoms. The molecule has 1 saturated carbocycles. The van der Waals surface area contributed by atoms with Gasteiger partial charge < -0.3 is 21.7 Å². The fraction of sp³-hybridized carbons (Fsp3) is 0.250. The number of halogens is 5. The zero-order valence-electron chi connectivity index (χ0n) is 19.5. The van der Waals surface area contributed by atoms with Gasteiger partial charge in [-0.05, 0) is 31.9 Å². The van der Waals surface area contributed by atoms with E-state index in [1.807, 2.05) is 0 Å². The molecule has 0 aliphatic heterocycles. The standard InChI is InChI=1S/C24H23F5N6O2/c1-13(2)31-10-14(9-30)21(36)35-23(6-7-23)22(37)33-12-19-18(26)8-15(11-32-19)34-20-16(24(27,28)29)4-3-5-17(20)25/h3-5,8-11,34H,1,6-7,12,30H2,2H3,(H,33,37)(H,35,36)/b14-9+,31-10?. The molecule has 1 aromatic carbocycles. The normalized spacial score (nSPS) is 14.8. The van der Waals surface area contributed by atoms with Gasteiger partial charge in [0, 0.05) is 24.2 Å². The number of hydrogen-bond acceptors (Lipinski definition) is 6. The minimum Gasteiger partial charge on any atom is -0.404 e. The van der Waals surface area contributed by atoms with E-state index in [0.29, 0.717) is 24.6 Å². The van der Waals surface area contributed by atoms with Crippen LogP contribution in [0.2, 0.25) is 0 Å². The second kappa shape index (κ2) is 10.8. The molecule has 2 aromatic rings. The van der Waals surface area contributed by atoms with Gasteiger partial charge in [-0.15, -0.1) is 0 Å².